The molecule has 2 bridgehead atoms. The zero-order chi connectivity index (χ0) is 19.1. The van der Waals surface area contributed by atoms with Gasteiger partial charge in [-0.15, -0.1) is 0 Å². The van der Waals surface area contributed by atoms with Gasteiger partial charge in [-0.3, -0.25) is 9.69 Å². The van der Waals surface area contributed by atoms with E-state index in [4.69, 9.17) is 0 Å². The van der Waals surface area contributed by atoms with Gasteiger partial charge < -0.3 is 9.05 Å². The molecule has 0 atom stereocenters. The summed E-state index contributed by atoms with van der Waals surface area (Å²) in [4.78, 5) is 16.3. The van der Waals surface area contributed by atoms with Crippen molar-refractivity contribution in [2.75, 3.05) is 45.8 Å². The number of fused-ring (bicyclic) bond motifs is 4. The molecule has 0 saturated carbocycles. The van der Waals surface area contributed by atoms with E-state index in [0.717, 1.165) is 78.0 Å². The molecule has 2 aromatic carbocycles. The third-order valence-corrected chi connectivity index (χ3v) is 6.76. The monoisotopic (exact) mass is 374 g/mol. The zero-order valence-corrected chi connectivity index (χ0v) is 16.6. The van der Waals surface area contributed by atoms with Gasteiger partial charge in [0.05, 0.1) is 30.9 Å². The molecule has 1 aromatic heterocycles. The second-order valence-corrected chi connectivity index (χ2v) is 8.29. The standard InChI is InChI=1S/C24H28N3O/c1-2-26-21-11-7-6-10-20(21)23(24(26)19-8-4-3-5-9-19)22(28)18-27-15-12-25(13-16-27)14-17-27/h3-11H,2,12-18H2,1H3/q+1. The van der Waals surface area contributed by atoms with Crippen LogP contribution in [0.15, 0.2) is 54.6 Å². The van der Waals surface area contributed by atoms with Crippen molar-refractivity contribution < 1.29 is 9.28 Å². The maximum absolute atomic E-state index is 13.8. The molecule has 0 N–H and O–H groups in total. The van der Waals surface area contributed by atoms with Crippen molar-refractivity contribution in [3.63, 3.8) is 0 Å². The molecule has 6 rings (SSSR count). The van der Waals surface area contributed by atoms with E-state index in [0.29, 0.717) is 12.3 Å². The van der Waals surface area contributed by atoms with Gasteiger partial charge in [0.25, 0.3) is 0 Å². The number of aromatic nitrogens is 1. The summed E-state index contributed by atoms with van der Waals surface area (Å²) in [7, 11) is 0. The number of nitrogens with zero attached hydrogens (tertiary/aromatic N) is 3. The Morgan fingerprint density at radius 1 is 0.929 bits per heavy atom. The van der Waals surface area contributed by atoms with Gasteiger partial charge in [-0.2, -0.15) is 0 Å². The molecule has 0 amide bonds. The molecule has 4 heteroatoms. The fourth-order valence-corrected chi connectivity index (χ4v) is 5.16. The van der Waals surface area contributed by atoms with Crippen molar-refractivity contribution in [3.05, 3.63) is 60.2 Å². The van der Waals surface area contributed by atoms with Crippen LogP contribution >= 0.6 is 0 Å². The number of piperazine rings is 3. The lowest BCUT2D eigenvalue weighted by atomic mass is 9.99. The van der Waals surface area contributed by atoms with Crippen LogP contribution in [-0.4, -0.2) is 65.5 Å². The maximum Gasteiger partial charge on any atom is 0.219 e. The van der Waals surface area contributed by atoms with Crippen molar-refractivity contribution in [1.82, 2.24) is 9.47 Å². The highest BCUT2D eigenvalue weighted by atomic mass is 16.1. The number of carbonyl (C=O) groups is 1. The van der Waals surface area contributed by atoms with E-state index in [9.17, 15) is 4.79 Å². The topological polar surface area (TPSA) is 25.2 Å². The smallest absolute Gasteiger partial charge is 0.219 e. The number of ketones is 1. The number of hydrogen-bond donors (Lipinski definition) is 0. The number of rotatable bonds is 5. The average molecular weight is 375 g/mol. The van der Waals surface area contributed by atoms with Gasteiger partial charge in [0.1, 0.15) is 6.54 Å². The number of aryl methyl sites for hydroxylation is 1. The number of carbonyl (C=O) groups excluding carboxylic acids is 1. The average Bonchev–Trinajstić information content (AvgIpc) is 3.10. The van der Waals surface area contributed by atoms with Gasteiger partial charge in [0.15, 0.2) is 0 Å². The van der Waals surface area contributed by atoms with Crippen LogP contribution in [0.1, 0.15) is 17.3 Å². The van der Waals surface area contributed by atoms with Crippen LogP contribution in [0.5, 0.6) is 0 Å². The summed E-state index contributed by atoms with van der Waals surface area (Å²) in [6.45, 7) is 10.4. The lowest BCUT2D eigenvalue weighted by molar-refractivity contribution is -0.933. The van der Waals surface area contributed by atoms with E-state index in [2.05, 4.69) is 64.9 Å². The van der Waals surface area contributed by atoms with Crippen LogP contribution in [0.25, 0.3) is 22.2 Å². The molecule has 3 aliphatic rings. The SMILES string of the molecule is CCn1c(-c2ccccc2)c(C(=O)C[N+]23CCN(CC2)CC3)c2ccccc21. The van der Waals surface area contributed by atoms with Crippen molar-refractivity contribution in [2.45, 2.75) is 13.5 Å². The fraction of sp³-hybridized carbons (Fsp3) is 0.375. The Morgan fingerprint density at radius 2 is 1.57 bits per heavy atom. The summed E-state index contributed by atoms with van der Waals surface area (Å²) in [6, 6.07) is 18.8. The summed E-state index contributed by atoms with van der Waals surface area (Å²) in [5.41, 5.74) is 4.30. The Bertz CT molecular complexity index is 999. The molecule has 3 aliphatic heterocycles. The molecule has 3 aromatic rings. The Balaban J connectivity index is 1.64. The molecule has 28 heavy (non-hydrogen) atoms. The first-order chi connectivity index (χ1) is 13.7. The Labute approximate surface area is 166 Å². The molecule has 4 nitrogen and oxygen atoms in total. The lowest BCUT2D eigenvalue weighted by Crippen LogP contribution is -2.68. The third kappa shape index (κ3) is 2.79. The molecule has 4 heterocycles. The predicted molar refractivity (Wildman–Crippen MR) is 114 cm³/mol. The largest absolute Gasteiger partial charge is 0.340 e. The number of benzene rings is 2. The van der Waals surface area contributed by atoms with Gasteiger partial charge >= 0.3 is 0 Å². The third-order valence-electron chi connectivity index (χ3n) is 6.76. The highest BCUT2D eigenvalue weighted by molar-refractivity contribution is 6.14. The molecule has 0 spiro atoms. The predicted octanol–water partition coefficient (Wildman–Crippen LogP) is 3.66. The minimum Gasteiger partial charge on any atom is -0.340 e. The van der Waals surface area contributed by atoms with Gasteiger partial charge in [-0.25, -0.2) is 0 Å². The van der Waals surface area contributed by atoms with Crippen molar-refractivity contribution >= 4 is 16.7 Å². The molecular weight excluding hydrogens is 346 g/mol. The van der Waals surface area contributed by atoms with E-state index in [1.165, 1.54) is 0 Å². The van der Waals surface area contributed by atoms with Crippen molar-refractivity contribution in [3.8, 4) is 11.3 Å². The van der Waals surface area contributed by atoms with Crippen LogP contribution in [-0.2, 0) is 6.54 Å². The molecule has 3 saturated heterocycles. The van der Waals surface area contributed by atoms with Crippen LogP contribution in [0.4, 0.5) is 0 Å². The number of hydrogen-bond acceptors (Lipinski definition) is 2. The van der Waals surface area contributed by atoms with Gasteiger partial charge in [-0.05, 0) is 18.6 Å². The van der Waals surface area contributed by atoms with E-state index >= 15 is 0 Å². The molecule has 144 valence electrons. The summed E-state index contributed by atoms with van der Waals surface area (Å²) in [5.74, 6) is 0.303. The number of quaternary nitrogens is 1. The second-order valence-electron chi connectivity index (χ2n) is 8.29. The van der Waals surface area contributed by atoms with Crippen molar-refractivity contribution in [1.29, 1.82) is 0 Å². The van der Waals surface area contributed by atoms with E-state index < -0.39 is 0 Å². The first kappa shape index (κ1) is 17.7. The fourth-order valence-electron chi connectivity index (χ4n) is 5.16. The Morgan fingerprint density at radius 3 is 2.25 bits per heavy atom. The summed E-state index contributed by atoms with van der Waals surface area (Å²) in [6.07, 6.45) is 0. The van der Waals surface area contributed by atoms with Crippen LogP contribution in [0, 0.1) is 0 Å². The number of Topliss-reactive ketones (excluding diaryl/α,β-unsaturated/α-hetero) is 1. The summed E-state index contributed by atoms with van der Waals surface area (Å²) < 4.78 is 3.28. The van der Waals surface area contributed by atoms with Gasteiger partial charge in [0.2, 0.25) is 5.78 Å². The lowest BCUT2D eigenvalue weighted by Gasteiger charge is -2.50. The van der Waals surface area contributed by atoms with Gasteiger partial charge in [0, 0.05) is 37.1 Å². The normalized spacial score (nSPS) is 24.0. The quantitative estimate of drug-likeness (QED) is 0.503. The van der Waals surface area contributed by atoms with Crippen LogP contribution < -0.4 is 0 Å². The molecule has 0 unspecified atom stereocenters. The minimum atomic E-state index is 0.303. The number of para-hydroxylation sites is 1. The highest BCUT2D eigenvalue weighted by Crippen LogP contribution is 2.35. The molecule has 3 fully saturated rings. The minimum absolute atomic E-state index is 0.303. The maximum atomic E-state index is 13.8. The second kappa shape index (κ2) is 6.87. The Hall–Kier alpha value is -2.43. The van der Waals surface area contributed by atoms with E-state index in [-0.39, 0.29) is 0 Å². The van der Waals surface area contributed by atoms with E-state index in [1.54, 1.807) is 0 Å². The first-order valence-corrected chi connectivity index (χ1v) is 10.5. The van der Waals surface area contributed by atoms with Gasteiger partial charge in [-0.1, -0.05) is 48.5 Å². The Kier molecular flexibility index (Phi) is 4.33. The van der Waals surface area contributed by atoms with Crippen molar-refractivity contribution in [2.24, 2.45) is 0 Å². The first-order valence-electron chi connectivity index (χ1n) is 10.5. The zero-order valence-electron chi connectivity index (χ0n) is 16.6. The summed E-state index contributed by atoms with van der Waals surface area (Å²) in [5, 5.41) is 1.10. The molecular formula is C24H28N3O+. The van der Waals surface area contributed by atoms with Crippen LogP contribution in [0.3, 0.4) is 0 Å². The molecule has 0 radical (unpaired) electrons. The highest BCUT2D eigenvalue weighted by Gasteiger charge is 2.40. The molecule has 0 aliphatic carbocycles. The van der Waals surface area contributed by atoms with Crippen LogP contribution in [0.2, 0.25) is 0 Å². The summed E-state index contributed by atoms with van der Waals surface area (Å²) >= 11 is 0. The van der Waals surface area contributed by atoms with E-state index in [1.807, 2.05) is 6.07 Å².